The molecule has 0 radical (unpaired) electrons. The molecule has 0 amide bonds. The van der Waals surface area contributed by atoms with Gasteiger partial charge in [-0.2, -0.15) is 4.98 Å². The summed E-state index contributed by atoms with van der Waals surface area (Å²) in [5, 5.41) is 3.94. The lowest BCUT2D eigenvalue weighted by molar-refractivity contribution is -0.145. The first-order valence-corrected chi connectivity index (χ1v) is 9.79. The highest BCUT2D eigenvalue weighted by Gasteiger charge is 2.16. The second-order valence-electron chi connectivity index (χ2n) is 7.25. The molecule has 0 N–H and O–H groups in total. The summed E-state index contributed by atoms with van der Waals surface area (Å²) in [5.41, 5.74) is 5.14. The van der Waals surface area contributed by atoms with Crippen molar-refractivity contribution in [3.05, 3.63) is 70.6 Å². The van der Waals surface area contributed by atoms with Gasteiger partial charge in [0.2, 0.25) is 5.82 Å². The van der Waals surface area contributed by atoms with Crippen LogP contribution in [0.3, 0.4) is 0 Å². The fourth-order valence-corrected chi connectivity index (χ4v) is 3.57. The van der Waals surface area contributed by atoms with Crippen LogP contribution in [-0.2, 0) is 29.0 Å². The molecule has 0 saturated carbocycles. The standard InChI is InChI=1S/C23H22N2O4/c1-15-5-2-3-8-19(15)23-24-21(29-25-23)14-28-22(27)12-11-20(26)18-10-9-16-6-4-7-17(16)13-18/h2-3,5,8-10,13H,4,6-7,11-12,14H2,1H3. The molecular weight excluding hydrogens is 368 g/mol. The van der Waals surface area contributed by atoms with Crippen molar-refractivity contribution in [2.45, 2.75) is 45.6 Å². The van der Waals surface area contributed by atoms with E-state index in [1.54, 1.807) is 0 Å². The van der Waals surface area contributed by atoms with E-state index in [0.717, 1.165) is 30.4 Å². The molecule has 6 heteroatoms. The molecule has 6 nitrogen and oxygen atoms in total. The predicted octanol–water partition coefficient (Wildman–Crippen LogP) is 4.24. The van der Waals surface area contributed by atoms with Crippen LogP contribution in [0.15, 0.2) is 47.0 Å². The molecule has 0 spiro atoms. The number of rotatable bonds is 7. The van der Waals surface area contributed by atoms with E-state index in [2.05, 4.69) is 10.1 Å². The summed E-state index contributed by atoms with van der Waals surface area (Å²) in [4.78, 5) is 28.6. The summed E-state index contributed by atoms with van der Waals surface area (Å²) in [5.74, 6) is 0.175. The number of fused-ring (bicyclic) bond motifs is 1. The molecular formula is C23H22N2O4. The van der Waals surface area contributed by atoms with Crippen LogP contribution in [0.4, 0.5) is 0 Å². The lowest BCUT2D eigenvalue weighted by Gasteiger charge is -2.05. The molecule has 148 valence electrons. The zero-order valence-corrected chi connectivity index (χ0v) is 16.3. The number of esters is 1. The number of aromatic nitrogens is 2. The average molecular weight is 390 g/mol. The van der Waals surface area contributed by atoms with Gasteiger partial charge in [-0.15, -0.1) is 0 Å². The van der Waals surface area contributed by atoms with Crippen LogP contribution in [-0.4, -0.2) is 21.9 Å². The first-order valence-electron chi connectivity index (χ1n) is 9.79. The minimum Gasteiger partial charge on any atom is -0.456 e. The van der Waals surface area contributed by atoms with Crippen LogP contribution in [0.5, 0.6) is 0 Å². The number of hydrogen-bond donors (Lipinski definition) is 0. The molecule has 4 rings (SSSR count). The number of ether oxygens (including phenoxy) is 1. The fourth-order valence-electron chi connectivity index (χ4n) is 3.57. The SMILES string of the molecule is Cc1ccccc1-c1noc(COC(=O)CCC(=O)c2ccc3c(c2)CCC3)n1. The Morgan fingerprint density at radius 1 is 1.07 bits per heavy atom. The highest BCUT2D eigenvalue weighted by molar-refractivity contribution is 5.97. The highest BCUT2D eigenvalue weighted by Crippen LogP contribution is 2.24. The zero-order chi connectivity index (χ0) is 20.2. The van der Waals surface area contributed by atoms with E-state index in [4.69, 9.17) is 9.26 Å². The van der Waals surface area contributed by atoms with Gasteiger partial charge in [-0.3, -0.25) is 9.59 Å². The van der Waals surface area contributed by atoms with Gasteiger partial charge in [0.1, 0.15) is 0 Å². The van der Waals surface area contributed by atoms with Gasteiger partial charge >= 0.3 is 5.97 Å². The largest absolute Gasteiger partial charge is 0.456 e. The summed E-state index contributed by atoms with van der Waals surface area (Å²) in [6.45, 7) is 1.86. The Kier molecular flexibility index (Phi) is 5.51. The number of hydrogen-bond acceptors (Lipinski definition) is 6. The van der Waals surface area contributed by atoms with Gasteiger partial charge in [0.05, 0.1) is 6.42 Å². The van der Waals surface area contributed by atoms with Crippen molar-refractivity contribution in [2.24, 2.45) is 0 Å². The monoisotopic (exact) mass is 390 g/mol. The van der Waals surface area contributed by atoms with Gasteiger partial charge in [-0.1, -0.05) is 41.6 Å². The van der Waals surface area contributed by atoms with Gasteiger partial charge in [0.25, 0.3) is 5.89 Å². The van der Waals surface area contributed by atoms with Crippen LogP contribution in [0, 0.1) is 6.92 Å². The molecule has 1 heterocycles. The summed E-state index contributed by atoms with van der Waals surface area (Å²) in [7, 11) is 0. The first kappa shape index (κ1) is 19.1. The predicted molar refractivity (Wildman–Crippen MR) is 106 cm³/mol. The summed E-state index contributed by atoms with van der Waals surface area (Å²) in [6.07, 6.45) is 3.38. The molecule has 0 unspecified atom stereocenters. The van der Waals surface area contributed by atoms with Crippen molar-refractivity contribution in [1.29, 1.82) is 0 Å². The lowest BCUT2D eigenvalue weighted by Crippen LogP contribution is -2.08. The Morgan fingerprint density at radius 3 is 2.76 bits per heavy atom. The van der Waals surface area contributed by atoms with Crippen LogP contribution in [0.1, 0.15) is 52.2 Å². The Hall–Kier alpha value is -3.28. The normalized spacial score (nSPS) is 12.6. The third kappa shape index (κ3) is 4.42. The van der Waals surface area contributed by atoms with Gasteiger partial charge < -0.3 is 9.26 Å². The Bertz CT molecular complexity index is 1050. The minimum atomic E-state index is -0.463. The number of ketones is 1. The second-order valence-corrected chi connectivity index (χ2v) is 7.25. The second kappa shape index (κ2) is 8.39. The number of nitrogens with zero attached hydrogens (tertiary/aromatic N) is 2. The maximum atomic E-state index is 12.4. The number of Topliss-reactive ketones (excluding diaryl/α,β-unsaturated/α-hetero) is 1. The van der Waals surface area contributed by atoms with Crippen molar-refractivity contribution >= 4 is 11.8 Å². The van der Waals surface area contributed by atoms with Gasteiger partial charge in [0.15, 0.2) is 12.4 Å². The number of benzene rings is 2. The molecule has 2 aromatic carbocycles. The number of aryl methyl sites for hydroxylation is 3. The first-order chi connectivity index (χ1) is 14.1. The Balaban J connectivity index is 1.27. The third-order valence-electron chi connectivity index (χ3n) is 5.19. The van der Waals surface area contributed by atoms with Crippen molar-refractivity contribution < 1.29 is 18.8 Å². The van der Waals surface area contributed by atoms with Crippen LogP contribution < -0.4 is 0 Å². The molecule has 29 heavy (non-hydrogen) atoms. The van der Waals surface area contributed by atoms with Gasteiger partial charge in [0, 0.05) is 17.5 Å². The summed E-state index contributed by atoms with van der Waals surface area (Å²) < 4.78 is 10.3. The average Bonchev–Trinajstić information content (AvgIpc) is 3.39. The number of carbonyl (C=O) groups is 2. The smallest absolute Gasteiger partial charge is 0.306 e. The minimum absolute atomic E-state index is 0.0225. The molecule has 0 atom stereocenters. The quantitative estimate of drug-likeness (QED) is 0.443. The number of carbonyl (C=O) groups excluding carboxylic acids is 2. The summed E-state index contributed by atoms with van der Waals surface area (Å²) >= 11 is 0. The van der Waals surface area contributed by atoms with Crippen molar-refractivity contribution in [3.8, 4) is 11.4 Å². The van der Waals surface area contributed by atoms with Crippen molar-refractivity contribution in [2.75, 3.05) is 0 Å². The van der Waals surface area contributed by atoms with Gasteiger partial charge in [-0.25, -0.2) is 0 Å². The van der Waals surface area contributed by atoms with Crippen molar-refractivity contribution in [1.82, 2.24) is 10.1 Å². The Morgan fingerprint density at radius 2 is 1.90 bits per heavy atom. The molecule has 0 fully saturated rings. The van der Waals surface area contributed by atoms with E-state index < -0.39 is 5.97 Å². The Labute approximate surface area is 168 Å². The zero-order valence-electron chi connectivity index (χ0n) is 16.3. The van der Waals surface area contributed by atoms with E-state index >= 15 is 0 Å². The van der Waals surface area contributed by atoms with E-state index in [1.165, 1.54) is 11.1 Å². The molecule has 0 bridgehead atoms. The summed E-state index contributed by atoms with van der Waals surface area (Å²) in [6, 6.07) is 13.5. The van der Waals surface area contributed by atoms with Crippen LogP contribution in [0.25, 0.3) is 11.4 Å². The molecule has 0 aliphatic heterocycles. The third-order valence-corrected chi connectivity index (χ3v) is 5.19. The maximum Gasteiger partial charge on any atom is 0.306 e. The van der Waals surface area contributed by atoms with E-state index in [0.29, 0.717) is 11.4 Å². The van der Waals surface area contributed by atoms with Crippen LogP contribution >= 0.6 is 0 Å². The van der Waals surface area contributed by atoms with E-state index in [-0.39, 0.29) is 31.1 Å². The highest BCUT2D eigenvalue weighted by atomic mass is 16.6. The topological polar surface area (TPSA) is 82.3 Å². The van der Waals surface area contributed by atoms with Gasteiger partial charge in [-0.05, 0) is 48.9 Å². The molecule has 1 aromatic heterocycles. The molecule has 3 aromatic rings. The van der Waals surface area contributed by atoms with E-state index in [1.807, 2.05) is 49.4 Å². The van der Waals surface area contributed by atoms with E-state index in [9.17, 15) is 9.59 Å². The molecule has 1 aliphatic rings. The lowest BCUT2D eigenvalue weighted by atomic mass is 10.0. The fraction of sp³-hybridized carbons (Fsp3) is 0.304. The molecule has 1 aliphatic carbocycles. The van der Waals surface area contributed by atoms with Crippen molar-refractivity contribution in [3.63, 3.8) is 0 Å². The van der Waals surface area contributed by atoms with Crippen LogP contribution in [0.2, 0.25) is 0 Å². The molecule has 0 saturated heterocycles. The maximum absolute atomic E-state index is 12.4.